The highest BCUT2D eigenvalue weighted by molar-refractivity contribution is 6.09. The number of hydrogen-bond donors (Lipinski definition) is 1. The summed E-state index contributed by atoms with van der Waals surface area (Å²) in [7, 11) is 0. The first kappa shape index (κ1) is 14.0. The quantitative estimate of drug-likeness (QED) is 0.862. The van der Waals surface area contributed by atoms with Crippen LogP contribution in [0.1, 0.15) is 32.1 Å². The first-order valence-corrected chi connectivity index (χ1v) is 7.10. The van der Waals surface area contributed by atoms with Crippen LogP contribution in [0.15, 0.2) is 18.2 Å². The molecular formula is C15H16F2N2O2. The molecule has 2 amide bonds. The lowest BCUT2D eigenvalue weighted by atomic mass is 9.79. The van der Waals surface area contributed by atoms with E-state index in [-0.39, 0.29) is 24.0 Å². The van der Waals surface area contributed by atoms with E-state index in [4.69, 9.17) is 0 Å². The van der Waals surface area contributed by atoms with Crippen molar-refractivity contribution < 1.29 is 18.4 Å². The zero-order valence-corrected chi connectivity index (χ0v) is 11.5. The molecule has 1 aromatic carbocycles. The molecule has 112 valence electrons. The zero-order chi connectivity index (χ0) is 15.0. The molecule has 4 nitrogen and oxygen atoms in total. The molecular weight excluding hydrogens is 278 g/mol. The molecule has 0 aromatic heterocycles. The van der Waals surface area contributed by atoms with Gasteiger partial charge in [0.15, 0.2) is 0 Å². The molecule has 3 rings (SSSR count). The molecule has 6 heteroatoms. The van der Waals surface area contributed by atoms with Gasteiger partial charge < -0.3 is 5.32 Å². The highest BCUT2D eigenvalue weighted by Gasteiger charge is 2.47. The Bertz CT molecular complexity index is 597. The molecule has 1 heterocycles. The SMILES string of the molecule is O=C1CN(c2ccc(F)cc2F)C(=O)C2(CCCCC2)N1. The van der Waals surface area contributed by atoms with Gasteiger partial charge in [0.05, 0.1) is 5.69 Å². The first-order chi connectivity index (χ1) is 10.0. The maximum absolute atomic E-state index is 13.9. The van der Waals surface area contributed by atoms with Crippen LogP contribution in [0.5, 0.6) is 0 Å². The average molecular weight is 294 g/mol. The van der Waals surface area contributed by atoms with Gasteiger partial charge in [0.2, 0.25) is 5.91 Å². The van der Waals surface area contributed by atoms with Gasteiger partial charge in [-0.25, -0.2) is 8.78 Å². The van der Waals surface area contributed by atoms with Gasteiger partial charge in [0.1, 0.15) is 23.7 Å². The summed E-state index contributed by atoms with van der Waals surface area (Å²) >= 11 is 0. The lowest BCUT2D eigenvalue weighted by molar-refractivity contribution is -0.137. The Kier molecular flexibility index (Phi) is 3.39. The second kappa shape index (κ2) is 5.09. The van der Waals surface area contributed by atoms with E-state index in [2.05, 4.69) is 5.32 Å². The Morgan fingerprint density at radius 2 is 1.81 bits per heavy atom. The highest BCUT2D eigenvalue weighted by atomic mass is 19.1. The standard InChI is InChI=1S/C15H16F2N2O2/c16-10-4-5-12(11(17)8-10)19-9-13(20)18-15(14(19)21)6-2-1-3-7-15/h4-5,8H,1-3,6-7,9H2,(H,18,20). The predicted octanol–water partition coefficient (Wildman–Crippen LogP) is 2.13. The summed E-state index contributed by atoms with van der Waals surface area (Å²) in [6, 6.07) is 3.02. The third kappa shape index (κ3) is 2.39. The van der Waals surface area contributed by atoms with E-state index in [9.17, 15) is 18.4 Å². The Morgan fingerprint density at radius 3 is 2.48 bits per heavy atom. The number of benzene rings is 1. The fraction of sp³-hybridized carbons (Fsp3) is 0.467. The van der Waals surface area contributed by atoms with Crippen LogP contribution in [-0.2, 0) is 9.59 Å². The lowest BCUT2D eigenvalue weighted by Gasteiger charge is -2.44. The van der Waals surface area contributed by atoms with Crippen molar-refractivity contribution in [3.8, 4) is 0 Å². The van der Waals surface area contributed by atoms with Crippen molar-refractivity contribution in [3.63, 3.8) is 0 Å². The van der Waals surface area contributed by atoms with Gasteiger partial charge >= 0.3 is 0 Å². The molecule has 21 heavy (non-hydrogen) atoms. The van der Waals surface area contributed by atoms with E-state index in [1.807, 2.05) is 0 Å². The normalized spacial score (nSPS) is 21.5. The van der Waals surface area contributed by atoms with E-state index in [1.54, 1.807) is 0 Å². The van der Waals surface area contributed by atoms with Crippen molar-refractivity contribution in [2.75, 3.05) is 11.4 Å². The fourth-order valence-electron chi connectivity index (χ4n) is 3.22. The number of amides is 2. The molecule has 1 N–H and O–H groups in total. The number of halogens is 2. The van der Waals surface area contributed by atoms with Gasteiger partial charge in [-0.3, -0.25) is 14.5 Å². The van der Waals surface area contributed by atoms with Gasteiger partial charge in [0, 0.05) is 6.07 Å². The summed E-state index contributed by atoms with van der Waals surface area (Å²) in [5.74, 6) is -2.14. The van der Waals surface area contributed by atoms with Crippen LogP contribution < -0.4 is 10.2 Å². The second-order valence-corrected chi connectivity index (χ2v) is 5.68. The predicted molar refractivity (Wildman–Crippen MR) is 72.7 cm³/mol. The molecule has 0 bridgehead atoms. The minimum Gasteiger partial charge on any atom is -0.340 e. The van der Waals surface area contributed by atoms with E-state index >= 15 is 0 Å². The summed E-state index contributed by atoms with van der Waals surface area (Å²) < 4.78 is 26.9. The number of carbonyl (C=O) groups is 2. The zero-order valence-electron chi connectivity index (χ0n) is 11.5. The smallest absolute Gasteiger partial charge is 0.253 e. The van der Waals surface area contributed by atoms with E-state index < -0.39 is 17.2 Å². The minimum absolute atomic E-state index is 0.0406. The van der Waals surface area contributed by atoms with Gasteiger partial charge in [-0.05, 0) is 25.0 Å². The molecule has 1 aliphatic heterocycles. The summed E-state index contributed by atoms with van der Waals surface area (Å²) in [6.07, 6.45) is 3.86. The molecule has 1 saturated carbocycles. The monoisotopic (exact) mass is 294 g/mol. The Hall–Kier alpha value is -1.98. The van der Waals surface area contributed by atoms with E-state index in [0.717, 1.165) is 36.3 Å². The number of anilines is 1. The average Bonchev–Trinajstić information content (AvgIpc) is 2.44. The fourth-order valence-corrected chi connectivity index (χ4v) is 3.22. The third-order valence-electron chi connectivity index (χ3n) is 4.24. The number of nitrogens with one attached hydrogen (secondary N) is 1. The molecule has 0 atom stereocenters. The number of carbonyl (C=O) groups excluding carboxylic acids is 2. The van der Waals surface area contributed by atoms with Crippen LogP contribution in [0.3, 0.4) is 0 Å². The van der Waals surface area contributed by atoms with Crippen molar-refractivity contribution in [1.82, 2.24) is 5.32 Å². The van der Waals surface area contributed by atoms with Crippen LogP contribution >= 0.6 is 0 Å². The number of rotatable bonds is 1. The number of nitrogens with zero attached hydrogens (tertiary/aromatic N) is 1. The maximum Gasteiger partial charge on any atom is 0.253 e. The van der Waals surface area contributed by atoms with Crippen molar-refractivity contribution in [1.29, 1.82) is 0 Å². The Balaban J connectivity index is 1.97. The van der Waals surface area contributed by atoms with Crippen LogP contribution in [-0.4, -0.2) is 23.9 Å². The summed E-state index contributed by atoms with van der Waals surface area (Å²) in [6.45, 7) is -0.233. The van der Waals surface area contributed by atoms with E-state index in [1.165, 1.54) is 6.07 Å². The first-order valence-electron chi connectivity index (χ1n) is 7.10. The molecule has 1 aromatic rings. The van der Waals surface area contributed by atoms with Crippen LogP contribution in [0.4, 0.5) is 14.5 Å². The van der Waals surface area contributed by atoms with E-state index in [0.29, 0.717) is 12.8 Å². The van der Waals surface area contributed by atoms with Gasteiger partial charge in [0.25, 0.3) is 5.91 Å². The van der Waals surface area contributed by atoms with Gasteiger partial charge in [-0.1, -0.05) is 19.3 Å². The van der Waals surface area contributed by atoms with Gasteiger partial charge in [-0.15, -0.1) is 0 Å². The van der Waals surface area contributed by atoms with Crippen molar-refractivity contribution in [2.24, 2.45) is 0 Å². The maximum atomic E-state index is 13.9. The molecule has 2 aliphatic rings. The molecule has 0 radical (unpaired) electrons. The molecule has 0 unspecified atom stereocenters. The summed E-state index contributed by atoms with van der Waals surface area (Å²) in [5.41, 5.74) is -0.963. The largest absolute Gasteiger partial charge is 0.340 e. The molecule has 1 spiro atoms. The third-order valence-corrected chi connectivity index (χ3v) is 4.24. The lowest BCUT2D eigenvalue weighted by Crippen LogP contribution is -2.67. The topological polar surface area (TPSA) is 49.4 Å². The van der Waals surface area contributed by atoms with Crippen LogP contribution in [0.25, 0.3) is 0 Å². The number of piperazine rings is 1. The van der Waals surface area contributed by atoms with Crippen molar-refractivity contribution >= 4 is 17.5 Å². The highest BCUT2D eigenvalue weighted by Crippen LogP contribution is 2.34. The Morgan fingerprint density at radius 1 is 1.10 bits per heavy atom. The summed E-state index contributed by atoms with van der Waals surface area (Å²) in [5, 5.41) is 2.79. The van der Waals surface area contributed by atoms with Gasteiger partial charge in [-0.2, -0.15) is 0 Å². The summed E-state index contributed by atoms with van der Waals surface area (Å²) in [4.78, 5) is 25.8. The van der Waals surface area contributed by atoms with Crippen LogP contribution in [0.2, 0.25) is 0 Å². The van der Waals surface area contributed by atoms with Crippen LogP contribution in [0, 0.1) is 11.6 Å². The molecule has 1 aliphatic carbocycles. The number of hydrogen-bond acceptors (Lipinski definition) is 2. The van der Waals surface area contributed by atoms with Crippen molar-refractivity contribution in [2.45, 2.75) is 37.6 Å². The minimum atomic E-state index is -0.922. The molecule has 2 fully saturated rings. The van der Waals surface area contributed by atoms with Crippen molar-refractivity contribution in [3.05, 3.63) is 29.8 Å². The second-order valence-electron chi connectivity index (χ2n) is 5.68. The molecule has 1 saturated heterocycles. The Labute approximate surface area is 121 Å².